The second-order valence-corrected chi connectivity index (χ2v) is 4.65. The summed E-state index contributed by atoms with van der Waals surface area (Å²) in [6.45, 7) is 3.09. The highest BCUT2D eigenvalue weighted by atomic mass is 32.1. The number of carbonyl (C=O) groups is 1. The van der Waals surface area contributed by atoms with Crippen molar-refractivity contribution in [3.8, 4) is 10.7 Å². The normalized spacial score (nSPS) is 10.4. The third-order valence-corrected chi connectivity index (χ3v) is 3.21. The van der Waals surface area contributed by atoms with Gasteiger partial charge in [-0.15, -0.1) is 11.3 Å². The van der Waals surface area contributed by atoms with E-state index in [0.717, 1.165) is 23.7 Å². The number of hydrogen-bond acceptors (Lipinski definition) is 3. The maximum atomic E-state index is 11.6. The molecule has 0 saturated carbocycles. The van der Waals surface area contributed by atoms with Gasteiger partial charge in [0.2, 0.25) is 5.91 Å². The Bertz CT molecular complexity index is 476. The van der Waals surface area contributed by atoms with Crippen molar-refractivity contribution in [1.82, 2.24) is 14.9 Å². The molecule has 0 radical (unpaired) electrons. The molecule has 2 heterocycles. The van der Waals surface area contributed by atoms with E-state index in [1.54, 1.807) is 17.5 Å². The van der Waals surface area contributed by atoms with E-state index in [-0.39, 0.29) is 5.91 Å². The predicted molar refractivity (Wildman–Crippen MR) is 68.8 cm³/mol. The minimum Gasteiger partial charge on any atom is -0.355 e. The highest BCUT2D eigenvalue weighted by Gasteiger charge is 2.09. The SMILES string of the molecule is CCCNC(=O)Cn1ccnc1-c1cccs1. The van der Waals surface area contributed by atoms with Crippen LogP contribution >= 0.6 is 11.3 Å². The first-order chi connectivity index (χ1) is 8.31. The number of nitrogens with zero attached hydrogens (tertiary/aromatic N) is 2. The lowest BCUT2D eigenvalue weighted by Gasteiger charge is -2.06. The third-order valence-electron chi connectivity index (χ3n) is 2.34. The van der Waals surface area contributed by atoms with Gasteiger partial charge in [-0.05, 0) is 17.9 Å². The zero-order valence-corrected chi connectivity index (χ0v) is 10.5. The molecule has 2 rings (SSSR count). The molecule has 4 nitrogen and oxygen atoms in total. The monoisotopic (exact) mass is 249 g/mol. The molecule has 5 heteroatoms. The first-order valence-electron chi connectivity index (χ1n) is 5.63. The standard InChI is InChI=1S/C12H15N3OS/c1-2-5-13-11(16)9-15-7-6-14-12(15)10-4-3-8-17-10/h3-4,6-8H,2,5,9H2,1H3,(H,13,16). The van der Waals surface area contributed by atoms with E-state index in [1.807, 2.05) is 35.2 Å². The molecular weight excluding hydrogens is 234 g/mol. The Morgan fingerprint density at radius 1 is 1.59 bits per heavy atom. The Labute approximate surface area is 104 Å². The van der Waals surface area contributed by atoms with Gasteiger partial charge >= 0.3 is 0 Å². The summed E-state index contributed by atoms with van der Waals surface area (Å²) in [5, 5.41) is 4.86. The van der Waals surface area contributed by atoms with E-state index in [2.05, 4.69) is 10.3 Å². The first-order valence-corrected chi connectivity index (χ1v) is 6.51. The molecular formula is C12H15N3OS. The Morgan fingerprint density at radius 2 is 2.47 bits per heavy atom. The molecule has 0 bridgehead atoms. The van der Waals surface area contributed by atoms with Crippen molar-refractivity contribution < 1.29 is 4.79 Å². The molecule has 0 aliphatic carbocycles. The summed E-state index contributed by atoms with van der Waals surface area (Å²) in [4.78, 5) is 17.0. The Hall–Kier alpha value is -1.62. The molecule has 1 N–H and O–H groups in total. The van der Waals surface area contributed by atoms with Crippen LogP contribution in [-0.4, -0.2) is 22.0 Å². The molecule has 0 aliphatic heterocycles. The van der Waals surface area contributed by atoms with Gasteiger partial charge in [-0.1, -0.05) is 13.0 Å². The van der Waals surface area contributed by atoms with E-state index in [1.165, 1.54) is 0 Å². The maximum absolute atomic E-state index is 11.6. The number of carbonyl (C=O) groups excluding carboxylic acids is 1. The van der Waals surface area contributed by atoms with Crippen molar-refractivity contribution >= 4 is 17.2 Å². The van der Waals surface area contributed by atoms with Crippen molar-refractivity contribution in [3.05, 3.63) is 29.9 Å². The zero-order chi connectivity index (χ0) is 12.1. The molecule has 0 fully saturated rings. The lowest BCUT2D eigenvalue weighted by Crippen LogP contribution is -2.28. The largest absolute Gasteiger partial charge is 0.355 e. The molecule has 17 heavy (non-hydrogen) atoms. The second-order valence-electron chi connectivity index (χ2n) is 3.71. The van der Waals surface area contributed by atoms with Gasteiger partial charge in [0.1, 0.15) is 12.4 Å². The summed E-state index contributed by atoms with van der Waals surface area (Å²) in [6.07, 6.45) is 4.51. The topological polar surface area (TPSA) is 46.9 Å². The van der Waals surface area contributed by atoms with Crippen LogP contribution in [0.1, 0.15) is 13.3 Å². The third kappa shape index (κ3) is 2.94. The fourth-order valence-electron chi connectivity index (χ4n) is 1.54. The minimum absolute atomic E-state index is 0.0302. The molecule has 2 aromatic rings. The van der Waals surface area contributed by atoms with Crippen molar-refractivity contribution in [2.45, 2.75) is 19.9 Å². The van der Waals surface area contributed by atoms with Crippen LogP contribution in [0, 0.1) is 0 Å². The highest BCUT2D eigenvalue weighted by molar-refractivity contribution is 7.13. The molecule has 0 aromatic carbocycles. The van der Waals surface area contributed by atoms with Gasteiger partial charge in [0.15, 0.2) is 0 Å². The summed E-state index contributed by atoms with van der Waals surface area (Å²) < 4.78 is 1.87. The number of imidazole rings is 1. The molecule has 0 saturated heterocycles. The number of thiophene rings is 1. The van der Waals surface area contributed by atoms with Gasteiger partial charge < -0.3 is 9.88 Å². The van der Waals surface area contributed by atoms with Crippen molar-refractivity contribution in [2.75, 3.05) is 6.54 Å². The van der Waals surface area contributed by atoms with Gasteiger partial charge in [0.25, 0.3) is 0 Å². The van der Waals surface area contributed by atoms with Gasteiger partial charge in [-0.25, -0.2) is 4.98 Å². The van der Waals surface area contributed by atoms with Crippen LogP contribution < -0.4 is 5.32 Å². The molecule has 0 atom stereocenters. The quantitative estimate of drug-likeness (QED) is 0.882. The summed E-state index contributed by atoms with van der Waals surface area (Å²) in [5.74, 6) is 0.884. The Kier molecular flexibility index (Phi) is 3.93. The lowest BCUT2D eigenvalue weighted by atomic mass is 10.4. The van der Waals surface area contributed by atoms with Crippen molar-refractivity contribution in [2.24, 2.45) is 0 Å². The van der Waals surface area contributed by atoms with Crippen LogP contribution in [0.4, 0.5) is 0 Å². The van der Waals surface area contributed by atoms with Gasteiger partial charge in [0.05, 0.1) is 4.88 Å². The number of hydrogen-bond donors (Lipinski definition) is 1. The Morgan fingerprint density at radius 3 is 3.18 bits per heavy atom. The molecule has 0 unspecified atom stereocenters. The summed E-state index contributed by atoms with van der Waals surface area (Å²) in [7, 11) is 0. The van der Waals surface area contributed by atoms with E-state index < -0.39 is 0 Å². The van der Waals surface area contributed by atoms with Crippen molar-refractivity contribution in [3.63, 3.8) is 0 Å². The molecule has 90 valence electrons. The fraction of sp³-hybridized carbons (Fsp3) is 0.333. The van der Waals surface area contributed by atoms with Gasteiger partial charge in [-0.2, -0.15) is 0 Å². The van der Waals surface area contributed by atoms with Crippen LogP contribution in [0.5, 0.6) is 0 Å². The van der Waals surface area contributed by atoms with Crippen LogP contribution in [0.3, 0.4) is 0 Å². The van der Waals surface area contributed by atoms with Crippen molar-refractivity contribution in [1.29, 1.82) is 0 Å². The Balaban J connectivity index is 2.07. The van der Waals surface area contributed by atoms with Gasteiger partial charge in [-0.3, -0.25) is 4.79 Å². The van der Waals surface area contributed by atoms with E-state index >= 15 is 0 Å². The van der Waals surface area contributed by atoms with Crippen LogP contribution in [0.15, 0.2) is 29.9 Å². The number of aromatic nitrogens is 2. The number of nitrogens with one attached hydrogen (secondary N) is 1. The lowest BCUT2D eigenvalue weighted by molar-refractivity contribution is -0.121. The number of rotatable bonds is 5. The van der Waals surface area contributed by atoms with E-state index in [0.29, 0.717) is 6.54 Å². The summed E-state index contributed by atoms with van der Waals surface area (Å²) >= 11 is 1.62. The minimum atomic E-state index is 0.0302. The predicted octanol–water partition coefficient (Wildman–Crippen LogP) is 2.14. The summed E-state index contributed by atoms with van der Waals surface area (Å²) in [5.41, 5.74) is 0. The van der Waals surface area contributed by atoms with E-state index in [9.17, 15) is 4.79 Å². The average Bonchev–Trinajstić information content (AvgIpc) is 2.95. The smallest absolute Gasteiger partial charge is 0.239 e. The van der Waals surface area contributed by atoms with Gasteiger partial charge in [0, 0.05) is 18.9 Å². The second kappa shape index (κ2) is 5.63. The zero-order valence-electron chi connectivity index (χ0n) is 9.72. The first kappa shape index (κ1) is 11.9. The molecule has 0 aliphatic rings. The number of amides is 1. The summed E-state index contributed by atoms with van der Waals surface area (Å²) in [6, 6.07) is 3.99. The van der Waals surface area contributed by atoms with Crippen LogP contribution in [0.2, 0.25) is 0 Å². The van der Waals surface area contributed by atoms with Crippen LogP contribution in [-0.2, 0) is 11.3 Å². The van der Waals surface area contributed by atoms with E-state index in [4.69, 9.17) is 0 Å². The molecule has 0 spiro atoms. The fourth-order valence-corrected chi connectivity index (χ4v) is 2.28. The highest BCUT2D eigenvalue weighted by Crippen LogP contribution is 2.22. The van der Waals surface area contributed by atoms with Crippen LogP contribution in [0.25, 0.3) is 10.7 Å². The molecule has 1 amide bonds. The maximum Gasteiger partial charge on any atom is 0.239 e. The average molecular weight is 249 g/mol. The molecule has 2 aromatic heterocycles.